The van der Waals surface area contributed by atoms with Gasteiger partial charge in [0.05, 0.1) is 16.8 Å². The lowest BCUT2D eigenvalue weighted by Gasteiger charge is -2.19. The zero-order chi connectivity index (χ0) is 19.9. The Balaban J connectivity index is 1.68. The second-order valence-electron chi connectivity index (χ2n) is 6.18. The van der Waals surface area contributed by atoms with Gasteiger partial charge in [0.1, 0.15) is 30.5 Å². The number of halogens is 2. The van der Waals surface area contributed by atoms with Crippen molar-refractivity contribution in [3.8, 4) is 0 Å². The fourth-order valence-electron chi connectivity index (χ4n) is 2.91. The Morgan fingerprint density at radius 3 is 2.52 bits per heavy atom. The lowest BCUT2D eigenvalue weighted by atomic mass is 10.1. The van der Waals surface area contributed by atoms with Crippen LogP contribution in [0.1, 0.15) is 6.23 Å². The van der Waals surface area contributed by atoms with E-state index in [1.165, 1.54) is 6.20 Å². The quantitative estimate of drug-likeness (QED) is 0.267. The molecule has 2 saturated heterocycles. The summed E-state index contributed by atoms with van der Waals surface area (Å²) in [6.45, 7) is -1.02. The number of nitrogens with zero attached hydrogens (tertiary/aromatic N) is 1. The minimum atomic E-state index is -1.91. The Morgan fingerprint density at radius 1 is 1.19 bits per heavy atom. The Morgan fingerprint density at radius 2 is 1.89 bits per heavy atom. The number of nitrogens with one attached hydrogen (secondary N) is 1. The summed E-state index contributed by atoms with van der Waals surface area (Å²) in [5, 5.41) is 38.8. The van der Waals surface area contributed by atoms with Gasteiger partial charge in [-0.1, -0.05) is 0 Å². The second-order valence-corrected chi connectivity index (χ2v) is 7.35. The molecule has 8 atom stereocenters. The van der Waals surface area contributed by atoms with Gasteiger partial charge in [-0.2, -0.15) is 0 Å². The standard InChI is InChI=1S/C14H18FIN2O9/c15-7-8(20)5(2-19)27-13(7)25-3-6-9(21)10(22)12(26-6)18-1-4(16)11(23)17-14(18)24/h1,5-10,12-13,19-22H,2-3H2,(H,17,23,24)/t5-,6-,7+,8-,9-,10-,12-,13-/m1/s1. The molecule has 0 aliphatic carbocycles. The molecular formula is C14H18FIN2O9. The maximum absolute atomic E-state index is 13.9. The van der Waals surface area contributed by atoms with Crippen LogP contribution in [-0.2, 0) is 14.2 Å². The molecule has 0 radical (unpaired) electrons. The van der Waals surface area contributed by atoms with Crippen molar-refractivity contribution in [3.05, 3.63) is 30.6 Å². The Labute approximate surface area is 164 Å². The first-order valence-electron chi connectivity index (χ1n) is 7.97. The summed E-state index contributed by atoms with van der Waals surface area (Å²) in [5.41, 5.74) is -1.44. The average Bonchev–Trinajstić information content (AvgIpc) is 3.07. The van der Waals surface area contributed by atoms with Crippen molar-refractivity contribution in [2.75, 3.05) is 13.2 Å². The maximum atomic E-state index is 13.9. The van der Waals surface area contributed by atoms with Crippen LogP contribution in [0.2, 0.25) is 0 Å². The molecule has 11 nitrogen and oxygen atoms in total. The summed E-state index contributed by atoms with van der Waals surface area (Å²) >= 11 is 1.69. The van der Waals surface area contributed by atoms with Gasteiger partial charge < -0.3 is 34.6 Å². The molecular weight excluding hydrogens is 486 g/mol. The fourth-order valence-corrected chi connectivity index (χ4v) is 3.35. The summed E-state index contributed by atoms with van der Waals surface area (Å²) in [5.74, 6) is 0. The van der Waals surface area contributed by atoms with Gasteiger partial charge >= 0.3 is 5.69 Å². The zero-order valence-electron chi connectivity index (χ0n) is 13.6. The number of hydrogen-bond donors (Lipinski definition) is 5. The summed E-state index contributed by atoms with van der Waals surface area (Å²) in [6, 6.07) is 0. The van der Waals surface area contributed by atoms with Gasteiger partial charge in [0, 0.05) is 6.20 Å². The van der Waals surface area contributed by atoms with E-state index in [9.17, 15) is 29.3 Å². The Bertz CT molecular complexity index is 789. The van der Waals surface area contributed by atoms with Gasteiger partial charge in [0.25, 0.3) is 5.56 Å². The third-order valence-electron chi connectivity index (χ3n) is 4.42. The molecule has 0 aromatic carbocycles. The van der Waals surface area contributed by atoms with Crippen molar-refractivity contribution < 1.29 is 39.0 Å². The number of aromatic nitrogens is 2. The first-order valence-corrected chi connectivity index (χ1v) is 9.05. The van der Waals surface area contributed by atoms with Crippen molar-refractivity contribution in [3.63, 3.8) is 0 Å². The van der Waals surface area contributed by atoms with Crippen LogP contribution in [-0.4, -0.2) is 86.2 Å². The number of aromatic amines is 1. The molecule has 0 amide bonds. The highest BCUT2D eigenvalue weighted by Gasteiger charge is 2.48. The number of aliphatic hydroxyl groups is 4. The SMILES string of the molecule is O=c1[nH]c(=O)n([C@@H]2O[C@H](CO[C@@H]3O[C@H](CO)[C@@H](O)[C@@H]3F)[C@@H](O)[C@H]2O)cc1I. The van der Waals surface area contributed by atoms with E-state index in [1.807, 2.05) is 0 Å². The molecule has 3 heterocycles. The Kier molecular flexibility index (Phi) is 6.31. The fraction of sp³-hybridized carbons (Fsp3) is 0.714. The first-order chi connectivity index (χ1) is 12.7. The average molecular weight is 504 g/mol. The minimum absolute atomic E-state index is 0.167. The third kappa shape index (κ3) is 3.95. The number of ether oxygens (including phenoxy) is 3. The van der Waals surface area contributed by atoms with E-state index in [4.69, 9.17) is 19.3 Å². The normalized spacial score (nSPS) is 39.2. The molecule has 2 aliphatic heterocycles. The van der Waals surface area contributed by atoms with Gasteiger partial charge in [0.15, 0.2) is 18.7 Å². The van der Waals surface area contributed by atoms with E-state index in [-0.39, 0.29) is 3.57 Å². The van der Waals surface area contributed by atoms with Crippen LogP contribution in [0.25, 0.3) is 0 Å². The van der Waals surface area contributed by atoms with E-state index >= 15 is 0 Å². The summed E-state index contributed by atoms with van der Waals surface area (Å²) < 4.78 is 30.6. The highest BCUT2D eigenvalue weighted by atomic mass is 127. The molecule has 5 N–H and O–H groups in total. The maximum Gasteiger partial charge on any atom is 0.330 e. The number of H-pyrrole nitrogens is 1. The molecule has 0 bridgehead atoms. The second kappa shape index (κ2) is 8.20. The van der Waals surface area contributed by atoms with Crippen LogP contribution in [0, 0.1) is 3.57 Å². The monoisotopic (exact) mass is 504 g/mol. The molecule has 152 valence electrons. The van der Waals surface area contributed by atoms with E-state index < -0.39 is 73.7 Å². The minimum Gasteiger partial charge on any atom is -0.394 e. The molecule has 1 aromatic rings. The van der Waals surface area contributed by atoms with Crippen LogP contribution in [0.3, 0.4) is 0 Å². The van der Waals surface area contributed by atoms with Crippen LogP contribution in [0.15, 0.2) is 15.8 Å². The summed E-state index contributed by atoms with van der Waals surface area (Å²) in [7, 11) is 0. The largest absolute Gasteiger partial charge is 0.394 e. The molecule has 2 aliphatic rings. The zero-order valence-corrected chi connectivity index (χ0v) is 15.8. The summed E-state index contributed by atoms with van der Waals surface area (Å²) in [6.07, 6.45) is -10.3. The van der Waals surface area contributed by atoms with Gasteiger partial charge in [-0.15, -0.1) is 0 Å². The van der Waals surface area contributed by atoms with Gasteiger partial charge in [-0.3, -0.25) is 14.3 Å². The highest BCUT2D eigenvalue weighted by Crippen LogP contribution is 2.30. The van der Waals surface area contributed by atoms with Gasteiger partial charge in [-0.05, 0) is 22.6 Å². The van der Waals surface area contributed by atoms with Crippen molar-refractivity contribution in [1.29, 1.82) is 0 Å². The van der Waals surface area contributed by atoms with Crippen molar-refractivity contribution >= 4 is 22.6 Å². The smallest absolute Gasteiger partial charge is 0.330 e. The van der Waals surface area contributed by atoms with Crippen LogP contribution < -0.4 is 11.2 Å². The van der Waals surface area contributed by atoms with E-state index in [0.29, 0.717) is 0 Å². The first kappa shape index (κ1) is 20.8. The third-order valence-corrected chi connectivity index (χ3v) is 5.18. The predicted octanol–water partition coefficient (Wildman–Crippen LogP) is -2.81. The highest BCUT2D eigenvalue weighted by molar-refractivity contribution is 14.1. The predicted molar refractivity (Wildman–Crippen MR) is 92.6 cm³/mol. The van der Waals surface area contributed by atoms with Crippen LogP contribution in [0.5, 0.6) is 0 Å². The molecule has 0 spiro atoms. The number of rotatable bonds is 5. The van der Waals surface area contributed by atoms with Crippen LogP contribution >= 0.6 is 22.6 Å². The molecule has 2 fully saturated rings. The molecule has 27 heavy (non-hydrogen) atoms. The van der Waals surface area contributed by atoms with Crippen molar-refractivity contribution in [1.82, 2.24) is 9.55 Å². The van der Waals surface area contributed by atoms with E-state index in [1.54, 1.807) is 22.6 Å². The number of aliphatic hydroxyl groups excluding tert-OH is 4. The van der Waals surface area contributed by atoms with Crippen LogP contribution in [0.4, 0.5) is 4.39 Å². The summed E-state index contributed by atoms with van der Waals surface area (Å²) in [4.78, 5) is 25.4. The van der Waals surface area contributed by atoms with Gasteiger partial charge in [-0.25, -0.2) is 9.18 Å². The molecule has 0 unspecified atom stereocenters. The molecule has 3 rings (SSSR count). The van der Waals surface area contributed by atoms with Crippen molar-refractivity contribution in [2.45, 2.75) is 49.2 Å². The molecule has 13 heteroatoms. The number of alkyl halides is 1. The Hall–Kier alpha value is -0.940. The van der Waals surface area contributed by atoms with E-state index in [2.05, 4.69) is 4.98 Å². The molecule has 1 aromatic heterocycles. The molecule has 0 saturated carbocycles. The van der Waals surface area contributed by atoms with Crippen molar-refractivity contribution in [2.24, 2.45) is 0 Å². The lowest BCUT2D eigenvalue weighted by Crippen LogP contribution is -2.39. The number of hydrogen-bond acceptors (Lipinski definition) is 9. The van der Waals surface area contributed by atoms with E-state index in [0.717, 1.165) is 4.57 Å². The van der Waals surface area contributed by atoms with Gasteiger partial charge in [0.2, 0.25) is 0 Å². The lowest BCUT2D eigenvalue weighted by molar-refractivity contribution is -0.181. The topological polar surface area (TPSA) is 163 Å².